The minimum atomic E-state index is -0.602. The number of likely N-dealkylation sites (tertiary alicyclic amines) is 1. The number of ether oxygens (including phenoxy) is 1. The smallest absolute Gasteiger partial charge is 0.234 e. The number of amides is 1. The summed E-state index contributed by atoms with van der Waals surface area (Å²) in [5, 5.41) is 13.0. The molecule has 2 fully saturated rings. The number of carbonyl (C=O) groups excluding carboxylic acids is 1. The van der Waals surface area contributed by atoms with E-state index in [4.69, 9.17) is 4.74 Å². The van der Waals surface area contributed by atoms with E-state index in [2.05, 4.69) is 5.32 Å². The zero-order valence-electron chi connectivity index (χ0n) is 11.3. The molecule has 2 rings (SSSR count). The first-order valence-electron chi connectivity index (χ1n) is 6.82. The minimum Gasteiger partial charge on any atom is -0.387 e. The lowest BCUT2D eigenvalue weighted by molar-refractivity contribution is -0.142. The lowest BCUT2D eigenvalue weighted by Gasteiger charge is -2.48. The normalized spacial score (nSPS) is 27.2. The highest BCUT2D eigenvalue weighted by Gasteiger charge is 2.43. The predicted molar refractivity (Wildman–Crippen MR) is 68.2 cm³/mol. The second-order valence-electron chi connectivity index (χ2n) is 5.84. The topological polar surface area (TPSA) is 61.8 Å². The Morgan fingerprint density at radius 3 is 2.83 bits per heavy atom. The zero-order valence-corrected chi connectivity index (χ0v) is 11.3. The molecule has 1 unspecified atom stereocenters. The van der Waals surface area contributed by atoms with Crippen LogP contribution in [0.5, 0.6) is 0 Å². The minimum absolute atomic E-state index is 0.0244. The maximum atomic E-state index is 11.7. The van der Waals surface area contributed by atoms with Gasteiger partial charge in [-0.05, 0) is 18.8 Å². The van der Waals surface area contributed by atoms with Crippen molar-refractivity contribution in [1.82, 2.24) is 10.2 Å². The van der Waals surface area contributed by atoms with Crippen molar-refractivity contribution in [2.45, 2.75) is 38.4 Å². The van der Waals surface area contributed by atoms with E-state index in [-0.39, 0.29) is 17.9 Å². The molecule has 2 aliphatic rings. The predicted octanol–water partition coefficient (Wildman–Crippen LogP) is -0.0157. The molecule has 2 heterocycles. The van der Waals surface area contributed by atoms with Gasteiger partial charge < -0.3 is 15.2 Å². The fourth-order valence-corrected chi connectivity index (χ4v) is 2.50. The average Bonchev–Trinajstić information content (AvgIpc) is 2.76. The van der Waals surface area contributed by atoms with Crippen molar-refractivity contribution in [3.05, 3.63) is 0 Å². The molecule has 18 heavy (non-hydrogen) atoms. The van der Waals surface area contributed by atoms with Crippen molar-refractivity contribution in [3.8, 4) is 0 Å². The molecular formula is C13H24N2O3. The van der Waals surface area contributed by atoms with Crippen molar-refractivity contribution >= 4 is 5.91 Å². The quantitative estimate of drug-likeness (QED) is 0.726. The molecule has 0 radical (unpaired) electrons. The Balaban J connectivity index is 1.61. The standard InChI is InChI=1S/C13H24N2O3/c1-10(2)13(17)8-15(9-13)7-12(16)14-6-11-4-3-5-18-11/h10-11,17H,3-9H2,1-2H3,(H,14,16). The van der Waals surface area contributed by atoms with E-state index in [1.807, 2.05) is 18.7 Å². The third kappa shape index (κ3) is 3.22. The van der Waals surface area contributed by atoms with Crippen molar-refractivity contribution in [1.29, 1.82) is 0 Å². The number of aliphatic hydroxyl groups is 1. The van der Waals surface area contributed by atoms with Gasteiger partial charge in [0.1, 0.15) is 0 Å². The molecule has 1 amide bonds. The van der Waals surface area contributed by atoms with Gasteiger partial charge in [-0.1, -0.05) is 13.8 Å². The van der Waals surface area contributed by atoms with Crippen LogP contribution in [0.2, 0.25) is 0 Å². The zero-order chi connectivity index (χ0) is 13.2. The Labute approximate surface area is 108 Å². The van der Waals surface area contributed by atoms with Gasteiger partial charge in [0.15, 0.2) is 0 Å². The average molecular weight is 256 g/mol. The largest absolute Gasteiger partial charge is 0.387 e. The van der Waals surface area contributed by atoms with E-state index in [1.165, 1.54) is 0 Å². The number of rotatable bonds is 5. The van der Waals surface area contributed by atoms with Crippen LogP contribution in [0.4, 0.5) is 0 Å². The number of β-amino-alcohol motifs (C(OH)–C–C–N with tert-alkyl or cyclic N) is 1. The second kappa shape index (κ2) is 5.55. The summed E-state index contributed by atoms with van der Waals surface area (Å²) in [7, 11) is 0. The summed E-state index contributed by atoms with van der Waals surface area (Å²) in [4.78, 5) is 13.7. The van der Waals surface area contributed by atoms with Gasteiger partial charge in [0.25, 0.3) is 0 Å². The summed E-state index contributed by atoms with van der Waals surface area (Å²) in [6.07, 6.45) is 2.32. The Hall–Kier alpha value is -0.650. The van der Waals surface area contributed by atoms with Crippen LogP contribution >= 0.6 is 0 Å². The highest BCUT2D eigenvalue weighted by Crippen LogP contribution is 2.27. The number of carbonyl (C=O) groups is 1. The molecule has 2 N–H and O–H groups in total. The Kier molecular flexibility index (Phi) is 4.25. The van der Waals surface area contributed by atoms with E-state index >= 15 is 0 Å². The summed E-state index contributed by atoms with van der Waals surface area (Å²) in [6, 6.07) is 0. The van der Waals surface area contributed by atoms with Crippen molar-refractivity contribution < 1.29 is 14.6 Å². The van der Waals surface area contributed by atoms with Crippen LogP contribution in [-0.2, 0) is 9.53 Å². The Morgan fingerprint density at radius 1 is 1.56 bits per heavy atom. The molecule has 5 nitrogen and oxygen atoms in total. The van der Waals surface area contributed by atoms with Gasteiger partial charge in [0, 0.05) is 26.2 Å². The molecule has 0 aromatic heterocycles. The lowest BCUT2D eigenvalue weighted by atomic mass is 9.83. The second-order valence-corrected chi connectivity index (χ2v) is 5.84. The molecule has 0 aromatic rings. The molecular weight excluding hydrogens is 232 g/mol. The number of nitrogens with one attached hydrogen (secondary N) is 1. The van der Waals surface area contributed by atoms with Crippen molar-refractivity contribution in [2.24, 2.45) is 5.92 Å². The molecule has 5 heteroatoms. The Morgan fingerprint density at radius 2 is 2.28 bits per heavy atom. The maximum absolute atomic E-state index is 11.7. The third-order valence-electron chi connectivity index (χ3n) is 3.99. The molecule has 0 spiro atoms. The monoisotopic (exact) mass is 256 g/mol. The first-order valence-corrected chi connectivity index (χ1v) is 6.82. The van der Waals surface area contributed by atoms with Gasteiger partial charge in [-0.25, -0.2) is 0 Å². The molecule has 0 aliphatic carbocycles. The van der Waals surface area contributed by atoms with E-state index in [1.54, 1.807) is 0 Å². The van der Waals surface area contributed by atoms with Gasteiger partial charge in [-0.3, -0.25) is 9.69 Å². The van der Waals surface area contributed by atoms with Crippen LogP contribution in [0.1, 0.15) is 26.7 Å². The van der Waals surface area contributed by atoms with Gasteiger partial charge in [-0.2, -0.15) is 0 Å². The highest BCUT2D eigenvalue weighted by molar-refractivity contribution is 5.78. The van der Waals surface area contributed by atoms with E-state index in [0.717, 1.165) is 19.4 Å². The molecule has 0 aromatic carbocycles. The number of nitrogens with zero attached hydrogens (tertiary/aromatic N) is 1. The molecule has 0 bridgehead atoms. The summed E-state index contributed by atoms with van der Waals surface area (Å²) in [5.74, 6) is 0.264. The molecule has 2 aliphatic heterocycles. The van der Waals surface area contributed by atoms with Gasteiger partial charge in [0.05, 0.1) is 18.2 Å². The van der Waals surface area contributed by atoms with Crippen LogP contribution in [0.15, 0.2) is 0 Å². The van der Waals surface area contributed by atoms with Crippen molar-refractivity contribution in [2.75, 3.05) is 32.8 Å². The van der Waals surface area contributed by atoms with E-state index < -0.39 is 5.60 Å². The fourth-order valence-electron chi connectivity index (χ4n) is 2.50. The van der Waals surface area contributed by atoms with Crippen LogP contribution < -0.4 is 5.32 Å². The third-order valence-corrected chi connectivity index (χ3v) is 3.99. The van der Waals surface area contributed by atoms with Gasteiger partial charge in [-0.15, -0.1) is 0 Å². The lowest BCUT2D eigenvalue weighted by Crippen LogP contribution is -2.65. The van der Waals surface area contributed by atoms with Crippen LogP contribution in [0, 0.1) is 5.92 Å². The van der Waals surface area contributed by atoms with Crippen LogP contribution in [-0.4, -0.2) is 60.4 Å². The highest BCUT2D eigenvalue weighted by atomic mass is 16.5. The molecule has 104 valence electrons. The molecule has 2 saturated heterocycles. The van der Waals surface area contributed by atoms with Crippen molar-refractivity contribution in [3.63, 3.8) is 0 Å². The van der Waals surface area contributed by atoms with Crippen LogP contribution in [0.25, 0.3) is 0 Å². The first-order chi connectivity index (χ1) is 8.49. The fraction of sp³-hybridized carbons (Fsp3) is 0.923. The SMILES string of the molecule is CC(C)C1(O)CN(CC(=O)NCC2CCCO2)C1. The van der Waals surface area contributed by atoms with Gasteiger partial charge in [0.2, 0.25) is 5.91 Å². The number of hydrogen-bond acceptors (Lipinski definition) is 4. The first kappa shape index (κ1) is 13.8. The summed E-state index contributed by atoms with van der Waals surface area (Å²) in [5.41, 5.74) is -0.602. The van der Waals surface area contributed by atoms with Crippen LogP contribution in [0.3, 0.4) is 0 Å². The molecule has 0 saturated carbocycles. The maximum Gasteiger partial charge on any atom is 0.234 e. The van der Waals surface area contributed by atoms with Gasteiger partial charge >= 0.3 is 0 Å². The summed E-state index contributed by atoms with van der Waals surface area (Å²) >= 11 is 0. The summed E-state index contributed by atoms with van der Waals surface area (Å²) < 4.78 is 5.44. The van der Waals surface area contributed by atoms with E-state index in [9.17, 15) is 9.90 Å². The number of hydrogen-bond donors (Lipinski definition) is 2. The summed E-state index contributed by atoms with van der Waals surface area (Å²) in [6.45, 7) is 7.01. The Bertz CT molecular complexity index is 295. The van der Waals surface area contributed by atoms with E-state index in [0.29, 0.717) is 26.2 Å². The molecule has 1 atom stereocenters.